The second-order valence-corrected chi connectivity index (χ2v) is 7.83. The molecule has 3 aromatic carbocycles. The molecule has 0 spiro atoms. The molecule has 0 unspecified atom stereocenters. The van der Waals surface area contributed by atoms with Crippen molar-refractivity contribution < 1.29 is 14.0 Å². The number of rotatable bonds is 6. The normalized spacial score (nSPS) is 10.8. The van der Waals surface area contributed by atoms with Crippen LogP contribution in [0.2, 0.25) is 0 Å². The van der Waals surface area contributed by atoms with Gasteiger partial charge in [-0.15, -0.1) is 0 Å². The largest absolute Gasteiger partial charge is 0.497 e. The molecule has 0 aliphatic carbocycles. The summed E-state index contributed by atoms with van der Waals surface area (Å²) < 4.78 is 15.4. The minimum absolute atomic E-state index is 0.676. The predicted molar refractivity (Wildman–Crippen MR) is 121 cm³/mol. The van der Waals surface area contributed by atoms with Gasteiger partial charge in [0.1, 0.15) is 24.6 Å². The van der Waals surface area contributed by atoms with E-state index >= 15 is 0 Å². The van der Waals surface area contributed by atoms with Crippen molar-refractivity contribution in [2.75, 3.05) is 14.2 Å². The van der Waals surface area contributed by atoms with Crippen molar-refractivity contribution in [1.82, 2.24) is 4.57 Å². The number of ether oxygens (including phenoxy) is 2. The van der Waals surface area contributed by atoms with E-state index in [1.165, 1.54) is 22.2 Å². The maximum absolute atomic E-state index is 9.06. The van der Waals surface area contributed by atoms with Gasteiger partial charge in [0.15, 0.2) is 11.0 Å². The number of imidazole rings is 1. The van der Waals surface area contributed by atoms with Crippen LogP contribution in [0.4, 0.5) is 0 Å². The van der Waals surface area contributed by atoms with E-state index in [0.717, 1.165) is 29.2 Å². The maximum Gasteiger partial charge on any atom is 0.245 e. The Morgan fingerprint density at radius 2 is 1.52 bits per heavy atom. The van der Waals surface area contributed by atoms with E-state index in [0.29, 0.717) is 12.1 Å². The van der Waals surface area contributed by atoms with Crippen LogP contribution in [-0.4, -0.2) is 18.8 Å². The highest BCUT2D eigenvalue weighted by Gasteiger charge is 2.18. The summed E-state index contributed by atoms with van der Waals surface area (Å²) in [5.74, 6) is 1.56. The molecular weight excluding hydrogens is 386 g/mol. The minimum Gasteiger partial charge on any atom is -0.497 e. The lowest BCUT2D eigenvalue weighted by Crippen LogP contribution is -2.33. The number of hydrogen-bond donors (Lipinski definition) is 0. The zero-order valence-electron chi connectivity index (χ0n) is 18.3. The standard InChI is InChI=1S/C26H26N3O2/c1-18-9-25-26(10-19(18)2)29(16-22-11-23(30-3)13-24(12-22)31-4)17-28(25)15-21-7-5-20(14-27)6-8-21/h5-13,17H,15-16H2,1-4H3/q+1. The van der Waals surface area contributed by atoms with Crippen LogP contribution in [0.25, 0.3) is 11.0 Å². The molecule has 1 aromatic heterocycles. The van der Waals surface area contributed by atoms with E-state index in [1.807, 2.05) is 42.5 Å². The first-order valence-corrected chi connectivity index (χ1v) is 10.2. The molecule has 5 nitrogen and oxygen atoms in total. The number of nitriles is 1. The van der Waals surface area contributed by atoms with Crippen molar-refractivity contribution in [3.8, 4) is 17.6 Å². The molecule has 0 saturated carbocycles. The van der Waals surface area contributed by atoms with Crippen LogP contribution in [0, 0.1) is 25.2 Å². The summed E-state index contributed by atoms with van der Waals surface area (Å²) >= 11 is 0. The fourth-order valence-corrected chi connectivity index (χ4v) is 3.83. The Morgan fingerprint density at radius 3 is 2.13 bits per heavy atom. The number of fused-ring (bicyclic) bond motifs is 1. The van der Waals surface area contributed by atoms with Crippen LogP contribution in [0.1, 0.15) is 27.8 Å². The Kier molecular flexibility index (Phi) is 5.64. The first kappa shape index (κ1) is 20.5. The van der Waals surface area contributed by atoms with Crippen LogP contribution < -0.4 is 14.0 Å². The average Bonchev–Trinajstić information content (AvgIpc) is 3.09. The second-order valence-electron chi connectivity index (χ2n) is 7.83. The Bertz CT molecular complexity index is 1260. The molecule has 0 aliphatic heterocycles. The number of benzene rings is 3. The molecule has 0 bridgehead atoms. The fraction of sp³-hybridized carbons (Fsp3) is 0.231. The summed E-state index contributed by atoms with van der Waals surface area (Å²) in [6.07, 6.45) is 2.16. The van der Waals surface area contributed by atoms with Crippen LogP contribution in [0.5, 0.6) is 11.5 Å². The SMILES string of the molecule is COc1cc(C[n+]2cn(Cc3ccc(C#N)cc3)c3cc(C)c(C)cc32)cc(OC)c1. The summed E-state index contributed by atoms with van der Waals surface area (Å²) in [6, 6.07) is 20.4. The molecule has 5 heteroatoms. The fourth-order valence-electron chi connectivity index (χ4n) is 3.83. The summed E-state index contributed by atoms with van der Waals surface area (Å²) in [6.45, 7) is 5.73. The Labute approximate surface area is 182 Å². The van der Waals surface area contributed by atoms with Crippen LogP contribution in [0.15, 0.2) is 60.9 Å². The van der Waals surface area contributed by atoms with E-state index in [1.54, 1.807) is 14.2 Å². The number of hydrogen-bond acceptors (Lipinski definition) is 3. The Balaban J connectivity index is 1.77. The zero-order chi connectivity index (χ0) is 22.0. The molecule has 0 fully saturated rings. The van der Waals surface area contributed by atoms with Crippen LogP contribution >= 0.6 is 0 Å². The van der Waals surface area contributed by atoms with Gasteiger partial charge in [0.25, 0.3) is 0 Å². The molecule has 4 aromatic rings. The quantitative estimate of drug-likeness (QED) is 0.437. The lowest BCUT2D eigenvalue weighted by atomic mass is 10.1. The third-order valence-corrected chi connectivity index (χ3v) is 5.69. The van der Waals surface area contributed by atoms with Gasteiger partial charge in [0, 0.05) is 11.6 Å². The first-order chi connectivity index (χ1) is 15.0. The molecular formula is C26H26N3O2+. The molecule has 0 amide bonds. The number of aryl methyl sites for hydroxylation is 2. The predicted octanol–water partition coefficient (Wildman–Crippen LogP) is 4.53. The summed E-state index contributed by atoms with van der Waals surface area (Å²) in [4.78, 5) is 0. The highest BCUT2D eigenvalue weighted by Crippen LogP contribution is 2.24. The van der Waals surface area contributed by atoms with Gasteiger partial charge in [0.05, 0.1) is 25.9 Å². The molecule has 1 heterocycles. The molecule has 0 saturated heterocycles. The van der Waals surface area contributed by atoms with Crippen molar-refractivity contribution >= 4 is 11.0 Å². The van der Waals surface area contributed by atoms with Crippen molar-refractivity contribution in [2.45, 2.75) is 26.9 Å². The van der Waals surface area contributed by atoms with Crippen molar-refractivity contribution in [1.29, 1.82) is 5.26 Å². The van der Waals surface area contributed by atoms with Gasteiger partial charge < -0.3 is 9.47 Å². The smallest absolute Gasteiger partial charge is 0.245 e. The third kappa shape index (κ3) is 4.24. The highest BCUT2D eigenvalue weighted by atomic mass is 16.5. The van der Waals surface area contributed by atoms with Gasteiger partial charge in [-0.1, -0.05) is 12.1 Å². The van der Waals surface area contributed by atoms with Gasteiger partial charge in [-0.3, -0.25) is 0 Å². The Hall–Kier alpha value is -3.78. The monoisotopic (exact) mass is 412 g/mol. The first-order valence-electron chi connectivity index (χ1n) is 10.2. The van der Waals surface area contributed by atoms with Crippen LogP contribution in [-0.2, 0) is 13.1 Å². The average molecular weight is 413 g/mol. The molecule has 0 atom stereocenters. The highest BCUT2D eigenvalue weighted by molar-refractivity contribution is 5.74. The van der Waals surface area contributed by atoms with Gasteiger partial charge in [0.2, 0.25) is 6.33 Å². The zero-order valence-corrected chi connectivity index (χ0v) is 18.3. The third-order valence-electron chi connectivity index (χ3n) is 5.69. The second kappa shape index (κ2) is 8.53. The van der Waals surface area contributed by atoms with Crippen molar-refractivity contribution in [3.05, 3.63) is 88.7 Å². The number of methoxy groups -OCH3 is 2. The lowest BCUT2D eigenvalue weighted by Gasteiger charge is -2.07. The maximum atomic E-state index is 9.06. The van der Waals surface area contributed by atoms with Gasteiger partial charge in [-0.2, -0.15) is 5.26 Å². The molecule has 31 heavy (non-hydrogen) atoms. The summed E-state index contributed by atoms with van der Waals surface area (Å²) in [7, 11) is 3.34. The van der Waals surface area contributed by atoms with Crippen LogP contribution in [0.3, 0.4) is 0 Å². The van der Waals surface area contributed by atoms with E-state index in [2.05, 4.69) is 47.5 Å². The molecule has 156 valence electrons. The lowest BCUT2D eigenvalue weighted by molar-refractivity contribution is -0.663. The molecule has 0 radical (unpaired) electrons. The topological polar surface area (TPSA) is 51.1 Å². The van der Waals surface area contributed by atoms with Crippen molar-refractivity contribution in [2.24, 2.45) is 0 Å². The van der Waals surface area contributed by atoms with E-state index in [4.69, 9.17) is 14.7 Å². The molecule has 0 aliphatic rings. The van der Waals surface area contributed by atoms with Crippen molar-refractivity contribution in [3.63, 3.8) is 0 Å². The molecule has 0 N–H and O–H groups in total. The Morgan fingerprint density at radius 1 is 0.871 bits per heavy atom. The summed E-state index contributed by atoms with van der Waals surface area (Å²) in [5.41, 5.74) is 7.83. The molecule has 4 rings (SSSR count). The minimum atomic E-state index is 0.676. The van der Waals surface area contributed by atoms with E-state index < -0.39 is 0 Å². The number of aromatic nitrogens is 2. The van der Waals surface area contributed by atoms with Gasteiger partial charge in [-0.05, 0) is 66.9 Å². The van der Waals surface area contributed by atoms with E-state index in [-0.39, 0.29) is 0 Å². The summed E-state index contributed by atoms with van der Waals surface area (Å²) in [5, 5.41) is 9.06. The van der Waals surface area contributed by atoms with E-state index in [9.17, 15) is 0 Å². The number of nitrogens with zero attached hydrogens (tertiary/aromatic N) is 3. The van der Waals surface area contributed by atoms with Gasteiger partial charge >= 0.3 is 0 Å². The van der Waals surface area contributed by atoms with Gasteiger partial charge in [-0.25, -0.2) is 9.13 Å².